The van der Waals surface area contributed by atoms with Crippen molar-refractivity contribution in [3.8, 4) is 0 Å². The summed E-state index contributed by atoms with van der Waals surface area (Å²) in [5, 5.41) is 18.1. The number of alkyl halides is 3. The van der Waals surface area contributed by atoms with E-state index in [2.05, 4.69) is 7.96 Å². The van der Waals surface area contributed by atoms with Crippen molar-refractivity contribution in [2.45, 2.75) is 6.18 Å². The summed E-state index contributed by atoms with van der Waals surface area (Å²) in [6.07, 6.45) is -4.58. The molecule has 2 aromatic rings. The molecule has 2 N–H and O–H groups in total. The zero-order chi connectivity index (χ0) is 11.9. The number of benzene rings is 1. The van der Waals surface area contributed by atoms with Crippen LogP contribution in [0.5, 0.6) is 0 Å². The van der Waals surface area contributed by atoms with Crippen LogP contribution in [0.15, 0.2) is 12.1 Å². The van der Waals surface area contributed by atoms with Crippen LogP contribution in [0.25, 0.3) is 11.0 Å². The zero-order valence-electron chi connectivity index (χ0n) is 7.45. The van der Waals surface area contributed by atoms with Gasteiger partial charge in [-0.1, -0.05) is 0 Å². The Hall–Kier alpha value is -0.991. The monoisotopic (exact) mass is 299 g/mol. The van der Waals surface area contributed by atoms with E-state index in [1.54, 1.807) is 0 Å². The van der Waals surface area contributed by atoms with Crippen LogP contribution >= 0.6 is 0 Å². The van der Waals surface area contributed by atoms with Crippen LogP contribution in [0.3, 0.4) is 0 Å². The summed E-state index contributed by atoms with van der Waals surface area (Å²) in [7, 11) is 0. The molecule has 16 heavy (non-hydrogen) atoms. The third-order valence-electron chi connectivity index (χ3n) is 1.92. The van der Waals surface area contributed by atoms with Crippen LogP contribution in [0, 0.1) is 5.21 Å². The van der Waals surface area contributed by atoms with Gasteiger partial charge in [-0.2, -0.15) is 0 Å². The molecule has 0 amide bonds. The molecular weight excluding hydrogens is 294 g/mol. The normalized spacial score (nSPS) is 14.3. The number of nitrogens with zero attached hydrogens (tertiary/aromatic N) is 2. The quantitative estimate of drug-likeness (QED) is 0.579. The van der Waals surface area contributed by atoms with E-state index in [1.807, 2.05) is 0 Å². The van der Waals surface area contributed by atoms with Crippen molar-refractivity contribution in [2.75, 3.05) is 0 Å². The van der Waals surface area contributed by atoms with E-state index in [9.17, 15) is 18.4 Å². The Morgan fingerprint density at radius 3 is 2.56 bits per heavy atom. The first kappa shape index (κ1) is 11.5. The Morgan fingerprint density at radius 1 is 1.31 bits per heavy atom. The maximum absolute atomic E-state index is 12.4. The summed E-state index contributed by atoms with van der Waals surface area (Å²) < 4.78 is 44.9. The van der Waals surface area contributed by atoms with E-state index >= 15 is 0 Å². The van der Waals surface area contributed by atoms with Crippen LogP contribution < -0.4 is 5.23 Å². The Kier molecular flexibility index (Phi) is 2.72. The summed E-state index contributed by atoms with van der Waals surface area (Å²) in [6.45, 7) is 0. The van der Waals surface area contributed by atoms with Gasteiger partial charge in [0, 0.05) is 0 Å². The molecule has 0 aliphatic heterocycles. The molecule has 9 heteroatoms. The van der Waals surface area contributed by atoms with Crippen LogP contribution in [-0.2, 0) is 6.18 Å². The predicted octanol–water partition coefficient (Wildman–Crippen LogP) is 0.109. The molecule has 0 spiro atoms. The number of nitrogens with one attached hydrogen (secondary N) is 1. The van der Waals surface area contributed by atoms with Gasteiger partial charge in [-0.05, 0) is 0 Å². The van der Waals surface area contributed by atoms with Gasteiger partial charge in [0.1, 0.15) is 0 Å². The van der Waals surface area contributed by atoms with E-state index in [4.69, 9.17) is 5.21 Å². The molecular formula is C7H4F3N3O2Se. The minimum absolute atomic E-state index is 0.00669. The summed E-state index contributed by atoms with van der Waals surface area (Å²) in [6, 6.07) is 1.40. The molecule has 1 aromatic carbocycles. The standard InChI is InChI=1S/C7H4F3N3O2Se/c8-7(9,10)3-1-4-6(12-16-11-4)5(2-3)13(14)15/h1-2,13-14H. The minimum atomic E-state index is -4.58. The Morgan fingerprint density at radius 2 is 2.00 bits per heavy atom. The van der Waals surface area contributed by atoms with Crippen molar-refractivity contribution in [1.29, 1.82) is 0 Å². The second kappa shape index (κ2) is 3.79. The fourth-order valence-corrected chi connectivity index (χ4v) is 2.35. The fourth-order valence-electron chi connectivity index (χ4n) is 1.22. The fraction of sp³-hybridized carbons (Fsp3) is 0.143. The van der Waals surface area contributed by atoms with Gasteiger partial charge in [0.2, 0.25) is 0 Å². The zero-order valence-corrected chi connectivity index (χ0v) is 9.16. The Bertz CT molecular complexity index is 525. The van der Waals surface area contributed by atoms with Crippen molar-refractivity contribution in [1.82, 2.24) is 7.96 Å². The summed E-state index contributed by atoms with van der Waals surface area (Å²) in [5.74, 6) is 0. The van der Waals surface area contributed by atoms with Gasteiger partial charge >= 0.3 is 92.3 Å². The molecule has 1 unspecified atom stereocenters. The molecule has 0 saturated heterocycles. The van der Waals surface area contributed by atoms with E-state index in [0.29, 0.717) is 6.07 Å². The number of halogens is 3. The summed E-state index contributed by atoms with van der Waals surface area (Å²) >= 11 is -0.559. The van der Waals surface area contributed by atoms with Gasteiger partial charge in [-0.25, -0.2) is 0 Å². The number of quaternary nitrogens is 1. The third kappa shape index (κ3) is 1.95. The van der Waals surface area contributed by atoms with E-state index in [-0.39, 0.29) is 11.0 Å². The van der Waals surface area contributed by atoms with Gasteiger partial charge in [0.25, 0.3) is 0 Å². The van der Waals surface area contributed by atoms with Crippen molar-refractivity contribution in [2.24, 2.45) is 0 Å². The molecule has 0 bridgehead atoms. The van der Waals surface area contributed by atoms with Gasteiger partial charge in [0.05, 0.1) is 0 Å². The van der Waals surface area contributed by atoms with Gasteiger partial charge in [0.15, 0.2) is 0 Å². The Balaban J connectivity index is 2.71. The number of rotatable bonds is 1. The average Bonchev–Trinajstić information content (AvgIpc) is 2.61. The second-order valence-corrected chi connectivity index (χ2v) is 4.07. The van der Waals surface area contributed by atoms with Crippen LogP contribution in [0.2, 0.25) is 0 Å². The molecule has 0 fully saturated rings. The van der Waals surface area contributed by atoms with Gasteiger partial charge in [-0.3, -0.25) is 0 Å². The van der Waals surface area contributed by atoms with Crippen LogP contribution in [-0.4, -0.2) is 28.1 Å². The molecule has 0 saturated carbocycles. The van der Waals surface area contributed by atoms with Crippen molar-refractivity contribution < 1.29 is 23.6 Å². The molecule has 0 radical (unpaired) electrons. The molecule has 0 aliphatic rings. The van der Waals surface area contributed by atoms with Crippen molar-refractivity contribution in [3.63, 3.8) is 0 Å². The first-order chi connectivity index (χ1) is 7.39. The van der Waals surface area contributed by atoms with Crippen molar-refractivity contribution >= 4 is 31.7 Å². The van der Waals surface area contributed by atoms with E-state index in [1.165, 1.54) is 0 Å². The van der Waals surface area contributed by atoms with Gasteiger partial charge in [-0.15, -0.1) is 0 Å². The molecule has 1 aromatic heterocycles. The van der Waals surface area contributed by atoms with Crippen LogP contribution in [0.4, 0.5) is 18.9 Å². The number of aromatic nitrogens is 2. The SMILES string of the molecule is [O-][NH+](O)c1cc(C(F)(F)F)cc2n[se]nc12. The summed E-state index contributed by atoms with van der Waals surface area (Å²) in [4.78, 5) is 0. The molecule has 0 aliphatic carbocycles. The van der Waals surface area contributed by atoms with E-state index in [0.717, 1.165) is 6.07 Å². The molecule has 1 heterocycles. The van der Waals surface area contributed by atoms with Crippen molar-refractivity contribution in [3.05, 3.63) is 22.9 Å². The predicted molar refractivity (Wildman–Crippen MR) is 47.3 cm³/mol. The molecule has 2 rings (SSSR count). The third-order valence-corrected chi connectivity index (χ3v) is 3.06. The van der Waals surface area contributed by atoms with Gasteiger partial charge < -0.3 is 0 Å². The van der Waals surface area contributed by atoms with Crippen LogP contribution in [0.1, 0.15) is 5.56 Å². The Labute approximate surface area is 92.9 Å². The topological polar surface area (TPSA) is 73.5 Å². The summed E-state index contributed by atoms with van der Waals surface area (Å²) in [5.41, 5.74) is -1.42. The first-order valence-corrected chi connectivity index (χ1v) is 5.49. The second-order valence-electron chi connectivity index (χ2n) is 2.96. The number of fused-ring (bicyclic) bond motifs is 1. The number of hydrogen-bond donors (Lipinski definition) is 2. The number of hydrogen-bond acceptors (Lipinski definition) is 4. The molecule has 5 nitrogen and oxygen atoms in total. The molecule has 86 valence electrons. The van der Waals surface area contributed by atoms with E-state index < -0.39 is 37.6 Å². The maximum atomic E-state index is 12.4. The molecule has 1 atom stereocenters. The average molecular weight is 298 g/mol. The first-order valence-electron chi connectivity index (χ1n) is 3.96.